The molecule has 1 aliphatic rings. The van der Waals surface area contributed by atoms with Crippen LogP contribution in [0.3, 0.4) is 0 Å². The van der Waals surface area contributed by atoms with Gasteiger partial charge in [-0.3, -0.25) is 9.78 Å². The maximum absolute atomic E-state index is 13.0. The van der Waals surface area contributed by atoms with Crippen molar-refractivity contribution in [3.8, 4) is 5.75 Å². The maximum Gasteiger partial charge on any atom is 0.433 e. The van der Waals surface area contributed by atoms with E-state index in [4.69, 9.17) is 4.74 Å². The van der Waals surface area contributed by atoms with Gasteiger partial charge in [0.05, 0.1) is 6.54 Å². The van der Waals surface area contributed by atoms with Gasteiger partial charge >= 0.3 is 6.18 Å². The number of carbonyl (C=O) groups excluding carboxylic acids is 1. The first kappa shape index (κ1) is 23.7. The van der Waals surface area contributed by atoms with Crippen molar-refractivity contribution in [3.05, 3.63) is 83.3 Å². The van der Waals surface area contributed by atoms with E-state index in [1.807, 2.05) is 49.1 Å². The summed E-state index contributed by atoms with van der Waals surface area (Å²) >= 11 is 0. The Morgan fingerprint density at radius 2 is 1.94 bits per heavy atom. The number of hydrogen-bond acceptors (Lipinski definition) is 5. The Labute approximate surface area is 196 Å². The van der Waals surface area contributed by atoms with Crippen LogP contribution in [0, 0.1) is 6.92 Å². The number of benzene rings is 1. The van der Waals surface area contributed by atoms with Gasteiger partial charge in [0.1, 0.15) is 23.4 Å². The van der Waals surface area contributed by atoms with E-state index >= 15 is 0 Å². The number of pyridine rings is 2. The van der Waals surface area contributed by atoms with Gasteiger partial charge in [0, 0.05) is 37.3 Å². The molecule has 0 spiro atoms. The number of rotatable bonds is 7. The van der Waals surface area contributed by atoms with Gasteiger partial charge in [-0.2, -0.15) is 13.2 Å². The zero-order chi connectivity index (χ0) is 24.3. The third kappa shape index (κ3) is 5.73. The van der Waals surface area contributed by atoms with Gasteiger partial charge in [-0.25, -0.2) is 4.98 Å². The van der Waals surface area contributed by atoms with Crippen molar-refractivity contribution in [2.24, 2.45) is 0 Å². The van der Waals surface area contributed by atoms with Gasteiger partial charge in [-0.05, 0) is 54.3 Å². The van der Waals surface area contributed by atoms with Gasteiger partial charge < -0.3 is 9.64 Å². The number of halogens is 3. The van der Waals surface area contributed by atoms with Gasteiger partial charge in [-0.1, -0.05) is 25.1 Å². The summed E-state index contributed by atoms with van der Waals surface area (Å²) in [5.41, 5.74) is 1.71. The van der Waals surface area contributed by atoms with Gasteiger partial charge in [0.2, 0.25) is 0 Å². The summed E-state index contributed by atoms with van der Waals surface area (Å²) in [6.07, 6.45) is -0.221. The Kier molecular flexibility index (Phi) is 6.86. The van der Waals surface area contributed by atoms with Crippen LogP contribution >= 0.6 is 0 Å². The SMILES string of the molecule is Cc1cncc(C(=O)C[C@@H](C)c2ccc(OC3CCN(c4cccc(C(F)(F)F)n4)C3)cc2)c1. The Morgan fingerprint density at radius 1 is 1.18 bits per heavy atom. The number of alkyl halides is 3. The Hall–Kier alpha value is -3.42. The number of aryl methyl sites for hydroxylation is 1. The lowest BCUT2D eigenvalue weighted by Crippen LogP contribution is -2.25. The number of carbonyl (C=O) groups is 1. The Bertz CT molecular complexity index is 1150. The van der Waals surface area contributed by atoms with Crippen LogP contribution in [0.2, 0.25) is 0 Å². The van der Waals surface area contributed by atoms with Crippen LogP contribution in [0.5, 0.6) is 5.75 Å². The molecule has 178 valence electrons. The summed E-state index contributed by atoms with van der Waals surface area (Å²) in [5.74, 6) is 1.09. The molecule has 0 bridgehead atoms. The molecular weight excluding hydrogens is 443 g/mol. The molecule has 3 aromatic rings. The molecule has 34 heavy (non-hydrogen) atoms. The molecule has 1 fully saturated rings. The van der Waals surface area contributed by atoms with Crippen LogP contribution in [0.15, 0.2) is 60.9 Å². The molecule has 1 aliphatic heterocycles. The predicted octanol–water partition coefficient (Wildman–Crippen LogP) is 5.84. The number of Topliss-reactive ketones (excluding diaryl/α,β-unsaturated/α-hetero) is 1. The normalized spacial score (nSPS) is 17.0. The van der Waals surface area contributed by atoms with Crippen LogP contribution in [-0.4, -0.2) is 34.9 Å². The fourth-order valence-electron chi connectivity index (χ4n) is 4.08. The van der Waals surface area contributed by atoms with E-state index in [9.17, 15) is 18.0 Å². The Balaban J connectivity index is 1.33. The first-order valence-electron chi connectivity index (χ1n) is 11.2. The molecule has 0 saturated carbocycles. The first-order valence-corrected chi connectivity index (χ1v) is 11.2. The van der Waals surface area contributed by atoms with E-state index in [1.54, 1.807) is 18.5 Å². The van der Waals surface area contributed by atoms with Crippen LogP contribution in [0.1, 0.15) is 52.9 Å². The molecule has 5 nitrogen and oxygen atoms in total. The third-order valence-electron chi connectivity index (χ3n) is 5.93. The maximum atomic E-state index is 13.0. The molecule has 1 unspecified atom stereocenters. The molecule has 0 amide bonds. The van der Waals surface area contributed by atoms with Gasteiger partial charge in [-0.15, -0.1) is 0 Å². The van der Waals surface area contributed by atoms with E-state index < -0.39 is 11.9 Å². The van der Waals surface area contributed by atoms with Gasteiger partial charge in [0.15, 0.2) is 5.78 Å². The highest BCUT2D eigenvalue weighted by molar-refractivity contribution is 5.96. The average Bonchev–Trinajstić information content (AvgIpc) is 3.27. The summed E-state index contributed by atoms with van der Waals surface area (Å²) in [4.78, 5) is 22.2. The van der Waals surface area contributed by atoms with E-state index in [-0.39, 0.29) is 17.8 Å². The highest BCUT2D eigenvalue weighted by atomic mass is 19.4. The molecule has 1 saturated heterocycles. The highest BCUT2D eigenvalue weighted by Gasteiger charge is 2.33. The molecule has 0 aliphatic carbocycles. The van der Waals surface area contributed by atoms with Crippen molar-refractivity contribution in [1.82, 2.24) is 9.97 Å². The summed E-state index contributed by atoms with van der Waals surface area (Å²) < 4.78 is 44.9. The smallest absolute Gasteiger partial charge is 0.433 e. The summed E-state index contributed by atoms with van der Waals surface area (Å²) in [6, 6.07) is 13.4. The monoisotopic (exact) mass is 469 g/mol. The fourth-order valence-corrected chi connectivity index (χ4v) is 4.08. The van der Waals surface area contributed by atoms with E-state index in [1.165, 1.54) is 6.07 Å². The number of hydrogen-bond donors (Lipinski definition) is 0. The second-order valence-corrected chi connectivity index (χ2v) is 8.70. The Morgan fingerprint density at radius 3 is 2.65 bits per heavy atom. The standard InChI is InChI=1S/C26H26F3N3O2/c1-17-12-20(15-30-14-17)23(33)13-18(2)19-6-8-21(9-7-19)34-22-10-11-32(16-22)25-5-3-4-24(31-25)26(27,28)29/h3-9,12,14-15,18,22H,10-11,13,16H2,1-2H3/t18-,22?/m1/s1. The molecule has 2 atom stereocenters. The number of aromatic nitrogens is 2. The quantitative estimate of drug-likeness (QED) is 0.407. The molecule has 0 N–H and O–H groups in total. The number of anilines is 1. The summed E-state index contributed by atoms with van der Waals surface area (Å²) in [7, 11) is 0. The van der Waals surface area contributed by atoms with Crippen LogP contribution < -0.4 is 9.64 Å². The zero-order valence-electron chi connectivity index (χ0n) is 19.0. The number of nitrogens with zero attached hydrogens (tertiary/aromatic N) is 3. The minimum absolute atomic E-state index is 0.0380. The topological polar surface area (TPSA) is 55.3 Å². The van der Waals surface area contributed by atoms with Crippen molar-refractivity contribution < 1.29 is 22.7 Å². The lowest BCUT2D eigenvalue weighted by molar-refractivity contribution is -0.141. The minimum atomic E-state index is -4.47. The third-order valence-corrected chi connectivity index (χ3v) is 5.93. The molecule has 8 heteroatoms. The van der Waals surface area contributed by atoms with E-state index in [0.717, 1.165) is 17.2 Å². The van der Waals surface area contributed by atoms with Crippen LogP contribution in [0.25, 0.3) is 0 Å². The van der Waals surface area contributed by atoms with Crippen molar-refractivity contribution in [2.75, 3.05) is 18.0 Å². The first-order chi connectivity index (χ1) is 16.2. The zero-order valence-corrected chi connectivity index (χ0v) is 19.0. The van der Waals surface area contributed by atoms with Gasteiger partial charge in [0.25, 0.3) is 0 Å². The number of ketones is 1. The molecular formula is C26H26F3N3O2. The highest BCUT2D eigenvalue weighted by Crippen LogP contribution is 2.30. The molecule has 2 aromatic heterocycles. The minimum Gasteiger partial charge on any atom is -0.489 e. The second kappa shape index (κ2) is 9.83. The molecule has 0 radical (unpaired) electrons. The van der Waals surface area contributed by atoms with Crippen molar-refractivity contribution >= 4 is 11.6 Å². The van der Waals surface area contributed by atoms with Crippen LogP contribution in [0.4, 0.5) is 19.0 Å². The predicted molar refractivity (Wildman–Crippen MR) is 123 cm³/mol. The van der Waals surface area contributed by atoms with E-state index in [0.29, 0.717) is 43.1 Å². The lowest BCUT2D eigenvalue weighted by atomic mass is 9.93. The number of ether oxygens (including phenoxy) is 1. The van der Waals surface area contributed by atoms with Crippen LogP contribution in [-0.2, 0) is 6.18 Å². The van der Waals surface area contributed by atoms with E-state index in [2.05, 4.69) is 9.97 Å². The average molecular weight is 470 g/mol. The van der Waals surface area contributed by atoms with Crippen molar-refractivity contribution in [3.63, 3.8) is 0 Å². The molecule has 1 aromatic carbocycles. The molecule has 3 heterocycles. The fraction of sp³-hybridized carbons (Fsp3) is 0.346. The summed E-state index contributed by atoms with van der Waals surface area (Å²) in [6.45, 7) is 4.95. The van der Waals surface area contributed by atoms with Crippen molar-refractivity contribution in [1.29, 1.82) is 0 Å². The second-order valence-electron chi connectivity index (χ2n) is 8.70. The largest absolute Gasteiger partial charge is 0.489 e. The van der Waals surface area contributed by atoms with Crippen molar-refractivity contribution in [2.45, 2.75) is 44.9 Å². The lowest BCUT2D eigenvalue weighted by Gasteiger charge is -2.19. The molecule has 4 rings (SSSR count). The summed E-state index contributed by atoms with van der Waals surface area (Å²) in [5, 5.41) is 0.